The molecule has 9 aromatic rings. The normalized spacial score (nSPS) is 24.6. The molecule has 6 aromatic heterocycles. The Morgan fingerprint density at radius 1 is 0.461 bits per heavy atom. The molecule has 17 rings (SSSR count). The van der Waals surface area contributed by atoms with E-state index >= 15 is 0 Å². The zero-order valence-electron chi connectivity index (χ0n) is 74.4. The SMILES string of the molecule is CCOP(=O)(COC[C@H]1O[C@@H](n2cnc3c(NC4CCCC4)nc(-c4ccccc4)nc32)[C@@H]2OC(C)(C)O[C@@H]21)OCC.CCOP(=O)(COC[C@H]1O[C@@H](n2cnc3c(NC4CCCC4)nc(Cl)nc32)[C@@H]2OC(C)(C)O[C@@H]21)OCC.C[Si](C)(C)C.O=P(O)(O)COC[C@H]1O[C@@H](n2cnc3c(NC4CCCC4)nc(-c4ccccc4)nc32)[C@H](O)[C@@H]1O.OB(O)c1ccccc1. The highest BCUT2D eigenvalue weighted by Crippen LogP contribution is 2.52. The Balaban J connectivity index is 0.000000152. The molecule has 8 aliphatic rings. The maximum atomic E-state index is 12.9. The van der Waals surface area contributed by atoms with Gasteiger partial charge < -0.3 is 111 Å². The fourth-order valence-corrected chi connectivity index (χ4v) is 19.6. The molecule has 0 amide bonds. The van der Waals surface area contributed by atoms with Gasteiger partial charge >= 0.3 is 29.9 Å². The standard InChI is InChI=1S/C29H40N5O7P.C23H35ClN5O7P.C22H28N5O7P.C6H7BO2.C4H12Si/c1-5-37-42(35,38-6-2)18-36-16-21-23-24(41-29(3,4)40-23)28(39-21)34-17-30-22-26(31-20-14-10-11-15-20)32-25(33-27(22)34)19-12-8-7-9-13-19;1-5-32-37(30,33-6-2)13-31-11-15-17-18(36-23(3,4)35-17)21(34-15)29-12-25-16-19(26-14-9-7-8-10-14)27-22(24)28-20(16)29;28-17-15(10-33-12-35(30,31)32)34-22(18(17)29)27-11-23-16-20(24-14-8-4-5-9-14)25-19(26-21(16)27)13-6-2-1-3-7-13;8-7(9)6-4-2-1-3-5-6;1-5(2,3)4/h7-9,12-13,17,20-21,23-24,28H,5-6,10-11,14-16,18H2,1-4H3,(H,31,32,33);12,14-15,17-18,21H,5-11,13H2,1-4H3,(H,26,27,28);1-3,6-7,11,14-15,17-18,22,28-29H,4-5,8-10,12H2,(H,24,25,26)(H2,30,31,32);1-5,8-9H;1-4H3/t21-,23-,24-,28-;15-,17-,18-,21-;15-,17-,18-,22-;;/m111../s1. The molecule has 128 heavy (non-hydrogen) atoms. The molecule has 3 aliphatic carbocycles. The highest BCUT2D eigenvalue weighted by atomic mass is 35.5. The van der Waals surface area contributed by atoms with Gasteiger partial charge in [0.15, 0.2) is 92.9 Å². The van der Waals surface area contributed by atoms with Crippen molar-refractivity contribution in [2.24, 2.45) is 0 Å². The van der Waals surface area contributed by atoms with Crippen molar-refractivity contribution in [1.29, 1.82) is 0 Å². The van der Waals surface area contributed by atoms with Crippen molar-refractivity contribution in [3.63, 3.8) is 0 Å². The number of anilines is 3. The fraction of sp³-hybridized carbons (Fsp3) is 0.607. The lowest BCUT2D eigenvalue weighted by Crippen LogP contribution is -2.33. The Kier molecular flexibility index (Phi) is 33.8. The first kappa shape index (κ1) is 98.7. The molecule has 0 unspecified atom stereocenters. The summed E-state index contributed by atoms with van der Waals surface area (Å²) >= 11 is 6.32. The van der Waals surface area contributed by atoms with Gasteiger partial charge in [-0.05, 0) is 111 Å². The van der Waals surface area contributed by atoms with Crippen molar-refractivity contribution in [2.75, 3.05) is 81.2 Å². The molecule has 12 atom stereocenters. The van der Waals surface area contributed by atoms with Crippen LogP contribution in [0.2, 0.25) is 31.5 Å². The Bertz CT molecular complexity index is 5190. The maximum absolute atomic E-state index is 12.9. The van der Waals surface area contributed by atoms with E-state index in [-0.39, 0.29) is 70.3 Å². The predicted octanol–water partition coefficient (Wildman–Crippen LogP) is 12.9. The van der Waals surface area contributed by atoms with Crippen LogP contribution in [-0.2, 0) is 79.2 Å². The molecule has 3 saturated carbocycles. The van der Waals surface area contributed by atoms with Crippen LogP contribution in [0.5, 0.6) is 0 Å². The minimum Gasteiger partial charge on any atom is -0.423 e. The zero-order chi connectivity index (χ0) is 91.3. The molecule has 0 bridgehead atoms. The molecule has 9 N–H and O–H groups in total. The lowest BCUT2D eigenvalue weighted by molar-refractivity contribution is -0.201. The third-order valence-corrected chi connectivity index (χ3v) is 26.1. The number of aliphatic hydroxyl groups excluding tert-OH is 2. The molecule has 0 spiro atoms. The number of ether oxygens (including phenoxy) is 10. The summed E-state index contributed by atoms with van der Waals surface area (Å²) in [6.07, 6.45) is 8.60. The third kappa shape index (κ3) is 25.8. The van der Waals surface area contributed by atoms with Gasteiger partial charge in [0.25, 0.3) is 0 Å². The summed E-state index contributed by atoms with van der Waals surface area (Å²) in [5, 5.41) is 49.1. The van der Waals surface area contributed by atoms with Crippen LogP contribution in [0.15, 0.2) is 110 Å². The van der Waals surface area contributed by atoms with Gasteiger partial charge in [-0.1, -0.05) is 156 Å². The van der Waals surface area contributed by atoms with Crippen molar-refractivity contribution >= 4 is 106 Å². The average molecular weight is 1880 g/mol. The van der Waals surface area contributed by atoms with Crippen LogP contribution in [-0.4, -0.2) is 254 Å². The second-order valence-electron chi connectivity index (χ2n) is 34.9. The second kappa shape index (κ2) is 43.9. The number of benzene rings is 3. The highest BCUT2D eigenvalue weighted by molar-refractivity contribution is 7.54. The highest BCUT2D eigenvalue weighted by Gasteiger charge is 2.58. The van der Waals surface area contributed by atoms with E-state index in [0.29, 0.717) is 80.1 Å². The summed E-state index contributed by atoms with van der Waals surface area (Å²) in [6, 6.07) is 29.0. The number of imidazole rings is 3. The molecule has 700 valence electrons. The number of nitrogens with zero attached hydrogens (tertiary/aromatic N) is 12. The first-order chi connectivity index (χ1) is 61.1. The van der Waals surface area contributed by atoms with Crippen molar-refractivity contribution < 1.29 is 109 Å². The fourth-order valence-electron chi connectivity index (χ4n) is 16.4. The number of hydrogen-bond donors (Lipinski definition) is 9. The van der Waals surface area contributed by atoms with Gasteiger partial charge in [0.05, 0.1) is 65.2 Å². The number of halogens is 1. The van der Waals surface area contributed by atoms with Crippen LogP contribution in [0.4, 0.5) is 17.5 Å². The van der Waals surface area contributed by atoms with E-state index in [1.54, 1.807) is 73.7 Å². The van der Waals surface area contributed by atoms with Gasteiger partial charge in [-0.3, -0.25) is 27.4 Å². The largest absolute Gasteiger partial charge is 0.488 e. The van der Waals surface area contributed by atoms with Gasteiger partial charge in [0.2, 0.25) is 5.28 Å². The summed E-state index contributed by atoms with van der Waals surface area (Å²) in [5.41, 5.74) is 5.66. The van der Waals surface area contributed by atoms with Crippen molar-refractivity contribution in [1.82, 2.24) is 58.6 Å². The molecule has 5 saturated heterocycles. The number of rotatable bonds is 32. The lowest BCUT2D eigenvalue weighted by atomic mass is 9.81. The van der Waals surface area contributed by atoms with Gasteiger partial charge in [-0.25, -0.2) is 34.9 Å². The number of fused-ring (bicyclic) bond motifs is 5. The van der Waals surface area contributed by atoms with Crippen LogP contribution < -0.4 is 21.4 Å². The van der Waals surface area contributed by atoms with Gasteiger partial charge in [-0.2, -0.15) is 9.97 Å². The molecule has 5 aliphatic heterocycles. The van der Waals surface area contributed by atoms with Crippen LogP contribution in [0, 0.1) is 0 Å². The molecule has 8 fully saturated rings. The average Bonchev–Trinajstić information content (AvgIpc) is 1.56. The van der Waals surface area contributed by atoms with E-state index in [1.807, 2.05) is 99.0 Å². The summed E-state index contributed by atoms with van der Waals surface area (Å²) < 4.78 is 124. The van der Waals surface area contributed by atoms with Crippen LogP contribution in [0.3, 0.4) is 0 Å². The molecule has 38 nitrogen and oxygen atoms in total. The Morgan fingerprint density at radius 3 is 1.15 bits per heavy atom. The molecular formula is C84H122BClN15O23P3Si. The third-order valence-electron chi connectivity index (χ3n) is 21.8. The van der Waals surface area contributed by atoms with Crippen molar-refractivity contribution in [3.8, 4) is 22.8 Å². The predicted molar refractivity (Wildman–Crippen MR) is 483 cm³/mol. The Hall–Kier alpha value is -6.83. The summed E-state index contributed by atoms with van der Waals surface area (Å²) in [4.78, 5) is 60.0. The number of nitrogens with one attached hydrogen (secondary N) is 3. The minimum absolute atomic E-state index is 0.109. The summed E-state index contributed by atoms with van der Waals surface area (Å²) in [6.45, 7) is 24.8. The summed E-state index contributed by atoms with van der Waals surface area (Å²) in [7, 11) is -13.0. The van der Waals surface area contributed by atoms with Gasteiger partial charge in [-0.15, -0.1) is 0 Å². The van der Waals surface area contributed by atoms with E-state index in [0.717, 1.165) is 62.5 Å². The smallest absolute Gasteiger partial charge is 0.423 e. The number of aromatic nitrogens is 12. The van der Waals surface area contributed by atoms with Gasteiger partial charge in [0.1, 0.15) is 74.0 Å². The monoisotopic (exact) mass is 1880 g/mol. The van der Waals surface area contributed by atoms with E-state index in [2.05, 4.69) is 62.1 Å². The first-order valence-electron chi connectivity index (χ1n) is 43.9. The lowest BCUT2D eigenvalue weighted by Gasteiger charge is -2.25. The quantitative estimate of drug-likeness (QED) is 0.0107. The Morgan fingerprint density at radius 2 is 0.789 bits per heavy atom. The second-order valence-corrected chi connectivity index (χ2v) is 46.8. The van der Waals surface area contributed by atoms with Crippen LogP contribution in [0.25, 0.3) is 56.3 Å². The summed E-state index contributed by atoms with van der Waals surface area (Å²) in [5.74, 6) is 1.36. The van der Waals surface area contributed by atoms with E-state index in [1.165, 1.54) is 32.0 Å². The molecule has 44 heteroatoms. The molecule has 11 heterocycles. The minimum atomic E-state index is -4.37. The van der Waals surface area contributed by atoms with Gasteiger partial charge in [0, 0.05) is 37.3 Å². The first-order valence-corrected chi connectivity index (χ1v) is 53.5. The molecule has 3 aromatic carbocycles. The zero-order valence-corrected chi connectivity index (χ0v) is 78.8. The maximum Gasteiger partial charge on any atom is 0.488 e. The van der Waals surface area contributed by atoms with E-state index in [4.69, 9.17) is 122 Å². The van der Waals surface area contributed by atoms with E-state index in [9.17, 15) is 23.9 Å². The number of aliphatic hydroxyl groups is 2. The molecular weight excluding hydrogens is 1750 g/mol. The topological polar surface area (TPSA) is 469 Å². The molecule has 0 radical (unpaired) electrons. The van der Waals surface area contributed by atoms with Crippen molar-refractivity contribution in [2.45, 2.75) is 262 Å². The van der Waals surface area contributed by atoms with Crippen LogP contribution >= 0.6 is 34.4 Å². The van der Waals surface area contributed by atoms with Crippen LogP contribution in [0.1, 0.15) is 151 Å². The number of hydrogen-bond acceptors (Lipinski definition) is 33. The van der Waals surface area contributed by atoms with Crippen molar-refractivity contribution in [3.05, 3.63) is 115 Å². The Labute approximate surface area is 751 Å². The van der Waals surface area contributed by atoms with E-state index < -0.39 is 130 Å².